The fourth-order valence-corrected chi connectivity index (χ4v) is 6.08. The smallest absolute Gasteiger partial charge is 0.264 e. The molecule has 0 aliphatic carbocycles. The maximum Gasteiger partial charge on any atom is 0.264 e. The van der Waals surface area contributed by atoms with Gasteiger partial charge < -0.3 is 19.7 Å². The van der Waals surface area contributed by atoms with Crippen LogP contribution in [0.1, 0.15) is 44.7 Å². The molecule has 2 amide bonds. The Morgan fingerprint density at radius 1 is 0.930 bits per heavy atom. The van der Waals surface area contributed by atoms with Crippen LogP contribution in [0, 0.1) is 6.92 Å². The number of carbonyl (C=O) groups excluding carboxylic acids is 2. The predicted molar refractivity (Wildman–Crippen MR) is 169 cm³/mol. The molecule has 0 fully saturated rings. The summed E-state index contributed by atoms with van der Waals surface area (Å²) in [6.07, 6.45) is 1.03. The third kappa shape index (κ3) is 8.42. The number of benzene rings is 3. The van der Waals surface area contributed by atoms with Crippen molar-refractivity contribution in [3.63, 3.8) is 0 Å². The molecule has 11 heteroatoms. The van der Waals surface area contributed by atoms with Gasteiger partial charge in [-0.15, -0.1) is 0 Å². The molecule has 0 aromatic heterocycles. The number of amides is 2. The van der Waals surface area contributed by atoms with Gasteiger partial charge in [0.2, 0.25) is 11.8 Å². The second-order valence-corrected chi connectivity index (χ2v) is 12.6. The molecule has 9 nitrogen and oxygen atoms in total. The summed E-state index contributed by atoms with van der Waals surface area (Å²) >= 11 is 6.31. The van der Waals surface area contributed by atoms with Gasteiger partial charge in [0, 0.05) is 17.6 Å². The van der Waals surface area contributed by atoms with Gasteiger partial charge in [0.1, 0.15) is 24.1 Å². The zero-order chi connectivity index (χ0) is 31.7. The lowest BCUT2D eigenvalue weighted by atomic mass is 10.1. The number of nitrogens with zero attached hydrogens (tertiary/aromatic N) is 2. The number of aryl methyl sites for hydroxylation is 1. The van der Waals surface area contributed by atoms with Crippen LogP contribution in [0.5, 0.6) is 11.5 Å². The Balaban J connectivity index is 2.12. The molecule has 0 aliphatic heterocycles. The minimum atomic E-state index is -4.28. The van der Waals surface area contributed by atoms with Gasteiger partial charge in [-0.2, -0.15) is 0 Å². The van der Waals surface area contributed by atoms with Crippen LogP contribution >= 0.6 is 11.6 Å². The summed E-state index contributed by atoms with van der Waals surface area (Å²) in [6, 6.07) is 17.1. The molecule has 2 atom stereocenters. The molecule has 0 radical (unpaired) electrons. The Labute approximate surface area is 259 Å². The molecule has 0 heterocycles. The number of methoxy groups -OCH3 is 2. The van der Waals surface area contributed by atoms with E-state index < -0.39 is 28.5 Å². The van der Waals surface area contributed by atoms with Crippen molar-refractivity contribution in [1.82, 2.24) is 10.2 Å². The van der Waals surface area contributed by atoms with Gasteiger partial charge in [-0.05, 0) is 74.7 Å². The highest BCUT2D eigenvalue weighted by molar-refractivity contribution is 7.92. The van der Waals surface area contributed by atoms with Gasteiger partial charge in [0.05, 0.1) is 24.8 Å². The van der Waals surface area contributed by atoms with Gasteiger partial charge in [-0.3, -0.25) is 13.9 Å². The number of nitrogens with one attached hydrogen (secondary N) is 1. The van der Waals surface area contributed by atoms with E-state index >= 15 is 0 Å². The molecule has 3 aromatic carbocycles. The molecule has 3 rings (SSSR count). The molecule has 0 aliphatic rings. The fourth-order valence-electron chi connectivity index (χ4n) is 4.50. The summed E-state index contributed by atoms with van der Waals surface area (Å²) < 4.78 is 40.0. The number of hydrogen-bond acceptors (Lipinski definition) is 6. The van der Waals surface area contributed by atoms with E-state index in [0.717, 1.165) is 15.4 Å². The summed E-state index contributed by atoms with van der Waals surface area (Å²) in [6.45, 7) is 6.98. The molecular formula is C32H40ClN3O6S. The third-order valence-electron chi connectivity index (χ3n) is 7.20. The number of rotatable bonds is 14. The van der Waals surface area contributed by atoms with Gasteiger partial charge >= 0.3 is 0 Å². The number of halogens is 1. The van der Waals surface area contributed by atoms with Crippen LogP contribution in [0.4, 0.5) is 5.69 Å². The van der Waals surface area contributed by atoms with E-state index in [-0.39, 0.29) is 39.8 Å². The molecule has 0 saturated heterocycles. The quantitative estimate of drug-likeness (QED) is 0.250. The number of hydrogen-bond donors (Lipinski definition) is 1. The van der Waals surface area contributed by atoms with Crippen molar-refractivity contribution in [2.24, 2.45) is 0 Å². The first-order valence-corrected chi connectivity index (χ1v) is 15.9. The Hall–Kier alpha value is -3.76. The molecular weight excluding hydrogens is 590 g/mol. The van der Waals surface area contributed by atoms with Crippen molar-refractivity contribution < 1.29 is 27.5 Å². The summed E-state index contributed by atoms with van der Waals surface area (Å²) in [4.78, 5) is 29.1. The van der Waals surface area contributed by atoms with Crippen LogP contribution in [0.2, 0.25) is 5.02 Å². The van der Waals surface area contributed by atoms with Crippen molar-refractivity contribution in [3.8, 4) is 11.5 Å². The minimum Gasteiger partial charge on any atom is -0.497 e. The van der Waals surface area contributed by atoms with Crippen molar-refractivity contribution in [2.45, 2.75) is 64.1 Å². The molecule has 0 spiro atoms. The predicted octanol–water partition coefficient (Wildman–Crippen LogP) is 5.58. The Morgan fingerprint density at radius 2 is 1.58 bits per heavy atom. The normalized spacial score (nSPS) is 12.6. The van der Waals surface area contributed by atoms with Gasteiger partial charge in [-0.25, -0.2) is 8.42 Å². The number of sulfonamides is 1. The summed E-state index contributed by atoms with van der Waals surface area (Å²) in [5, 5.41) is 3.24. The monoisotopic (exact) mass is 629 g/mol. The topological polar surface area (TPSA) is 105 Å². The standard InChI is InChI=1S/C32H40ClN3O6S/c1-7-23(4)34-32(38)28(8-2)35(20-24-11-14-26(41-5)15-12-24)31(37)21-36(29-19-25(33)13-18-30(29)42-6)43(39,40)27-16-9-22(3)10-17-27/h9-19,23,28H,7-8,20-21H2,1-6H3,(H,34,38)/t23-,28+/m1/s1. The van der Waals surface area contributed by atoms with Gasteiger partial charge in [0.25, 0.3) is 10.0 Å². The minimum absolute atomic E-state index is 0.00353. The summed E-state index contributed by atoms with van der Waals surface area (Å²) in [7, 11) is -1.31. The van der Waals surface area contributed by atoms with Crippen molar-refractivity contribution in [1.29, 1.82) is 0 Å². The van der Waals surface area contributed by atoms with Crippen LogP contribution in [-0.4, -0.2) is 58.0 Å². The van der Waals surface area contributed by atoms with Gasteiger partial charge in [0.15, 0.2) is 0 Å². The fraction of sp³-hybridized carbons (Fsp3) is 0.375. The first-order chi connectivity index (χ1) is 20.4. The van der Waals surface area contributed by atoms with Crippen LogP contribution in [0.15, 0.2) is 71.6 Å². The second kappa shape index (κ2) is 15.1. The van der Waals surface area contributed by atoms with E-state index in [0.29, 0.717) is 18.6 Å². The maximum absolute atomic E-state index is 14.3. The van der Waals surface area contributed by atoms with E-state index in [1.165, 1.54) is 30.2 Å². The maximum atomic E-state index is 14.3. The highest BCUT2D eigenvalue weighted by Gasteiger charge is 2.35. The zero-order valence-electron chi connectivity index (χ0n) is 25.5. The molecule has 43 heavy (non-hydrogen) atoms. The molecule has 0 saturated carbocycles. The van der Waals surface area contributed by atoms with E-state index in [4.69, 9.17) is 21.1 Å². The number of ether oxygens (including phenoxy) is 2. The molecule has 0 bridgehead atoms. The van der Waals surface area contributed by atoms with E-state index in [2.05, 4.69) is 5.32 Å². The van der Waals surface area contributed by atoms with Crippen molar-refractivity contribution >= 4 is 39.1 Å². The van der Waals surface area contributed by atoms with Crippen LogP contribution in [0.25, 0.3) is 0 Å². The molecule has 232 valence electrons. The lowest BCUT2D eigenvalue weighted by molar-refractivity contribution is -0.140. The SMILES string of the molecule is CC[C@@H](C)NC(=O)[C@H](CC)N(Cc1ccc(OC)cc1)C(=O)CN(c1cc(Cl)ccc1OC)S(=O)(=O)c1ccc(C)cc1. The number of carbonyl (C=O) groups is 2. The Bertz CT molecular complexity index is 1500. The zero-order valence-corrected chi connectivity index (χ0v) is 27.0. The second-order valence-electron chi connectivity index (χ2n) is 10.3. The summed E-state index contributed by atoms with van der Waals surface area (Å²) in [5.74, 6) is -0.0191. The van der Waals surface area contributed by atoms with E-state index in [9.17, 15) is 18.0 Å². The highest BCUT2D eigenvalue weighted by Crippen LogP contribution is 2.35. The highest BCUT2D eigenvalue weighted by atomic mass is 35.5. The first-order valence-electron chi connectivity index (χ1n) is 14.1. The van der Waals surface area contributed by atoms with E-state index in [1.54, 1.807) is 55.6 Å². The van der Waals surface area contributed by atoms with Crippen LogP contribution < -0.4 is 19.1 Å². The largest absolute Gasteiger partial charge is 0.497 e. The van der Waals surface area contributed by atoms with Gasteiger partial charge in [-0.1, -0.05) is 55.3 Å². The molecule has 3 aromatic rings. The van der Waals surface area contributed by atoms with Crippen LogP contribution in [-0.2, 0) is 26.2 Å². The van der Waals surface area contributed by atoms with E-state index in [1.807, 2.05) is 27.7 Å². The third-order valence-corrected chi connectivity index (χ3v) is 9.21. The average molecular weight is 630 g/mol. The van der Waals surface area contributed by atoms with Crippen molar-refractivity contribution in [3.05, 3.63) is 82.9 Å². The lowest BCUT2D eigenvalue weighted by Crippen LogP contribution is -2.53. The summed E-state index contributed by atoms with van der Waals surface area (Å²) in [5.41, 5.74) is 1.73. The Morgan fingerprint density at radius 3 is 2.14 bits per heavy atom. The first kappa shape index (κ1) is 33.7. The molecule has 1 N–H and O–H groups in total. The number of anilines is 1. The van der Waals surface area contributed by atoms with Crippen LogP contribution in [0.3, 0.4) is 0 Å². The average Bonchev–Trinajstić information content (AvgIpc) is 2.99. The molecule has 0 unspecified atom stereocenters. The Kier molecular flexibility index (Phi) is 11.9. The van der Waals surface area contributed by atoms with Crippen molar-refractivity contribution in [2.75, 3.05) is 25.1 Å². The lowest BCUT2D eigenvalue weighted by Gasteiger charge is -2.34.